The van der Waals surface area contributed by atoms with Crippen LogP contribution < -0.4 is 5.32 Å². The second-order valence-electron chi connectivity index (χ2n) is 7.23. The van der Waals surface area contributed by atoms with Crippen LogP contribution in [0, 0.1) is 5.92 Å². The summed E-state index contributed by atoms with van der Waals surface area (Å²) in [6, 6.07) is 1.53. The number of nitrogens with zero attached hydrogens (tertiary/aromatic N) is 2. The lowest BCUT2D eigenvalue weighted by Crippen LogP contribution is -2.53. The van der Waals surface area contributed by atoms with Crippen molar-refractivity contribution in [2.75, 3.05) is 33.9 Å². The summed E-state index contributed by atoms with van der Waals surface area (Å²) >= 11 is 0. The van der Waals surface area contributed by atoms with Crippen LogP contribution in [0.15, 0.2) is 0 Å². The monoisotopic (exact) mass is 323 g/mol. The smallest absolute Gasteiger partial charge is 0.227 e. The second-order valence-corrected chi connectivity index (χ2v) is 7.23. The summed E-state index contributed by atoms with van der Waals surface area (Å²) in [6.07, 6.45) is 5.79. The predicted molar refractivity (Wildman–Crippen MR) is 86.9 cm³/mol. The number of amides is 2. The lowest BCUT2D eigenvalue weighted by Gasteiger charge is -2.43. The van der Waals surface area contributed by atoms with Crippen LogP contribution in [0.1, 0.15) is 38.5 Å². The van der Waals surface area contributed by atoms with Gasteiger partial charge in [-0.1, -0.05) is 0 Å². The first kappa shape index (κ1) is 16.7. The molecule has 3 fully saturated rings. The zero-order valence-electron chi connectivity index (χ0n) is 14.3. The third-order valence-electron chi connectivity index (χ3n) is 5.92. The van der Waals surface area contributed by atoms with E-state index in [9.17, 15) is 9.59 Å². The number of methoxy groups -OCH3 is 1. The van der Waals surface area contributed by atoms with Crippen LogP contribution in [0.25, 0.3) is 0 Å². The molecule has 3 aliphatic heterocycles. The lowest BCUT2D eigenvalue weighted by molar-refractivity contribution is -0.139. The molecule has 3 aliphatic rings. The Morgan fingerprint density at radius 2 is 2.00 bits per heavy atom. The molecule has 3 rings (SSSR count). The lowest BCUT2D eigenvalue weighted by atomic mass is 9.93. The molecule has 6 heteroatoms. The largest absolute Gasteiger partial charge is 0.383 e. The molecule has 0 aliphatic carbocycles. The Bertz CT molecular complexity index is 432. The molecule has 3 heterocycles. The summed E-state index contributed by atoms with van der Waals surface area (Å²) in [5, 5.41) is 2.82. The molecule has 1 N–H and O–H groups in total. The van der Waals surface area contributed by atoms with Gasteiger partial charge in [0.1, 0.15) is 0 Å². The van der Waals surface area contributed by atoms with Gasteiger partial charge in [-0.15, -0.1) is 0 Å². The molecule has 0 aromatic heterocycles. The van der Waals surface area contributed by atoms with E-state index in [4.69, 9.17) is 4.74 Å². The molecule has 23 heavy (non-hydrogen) atoms. The number of piperidine rings is 2. The SMILES string of the molecule is COCCN1C2CCC1CC(N(C)C(=O)C1CCC(=O)NC1)C2. The van der Waals surface area contributed by atoms with E-state index in [1.165, 1.54) is 12.8 Å². The maximum Gasteiger partial charge on any atom is 0.227 e. The van der Waals surface area contributed by atoms with Crippen molar-refractivity contribution in [3.63, 3.8) is 0 Å². The molecule has 0 aromatic carbocycles. The van der Waals surface area contributed by atoms with Crippen molar-refractivity contribution < 1.29 is 14.3 Å². The van der Waals surface area contributed by atoms with Crippen molar-refractivity contribution in [1.29, 1.82) is 0 Å². The molecule has 2 amide bonds. The topological polar surface area (TPSA) is 61.9 Å². The summed E-state index contributed by atoms with van der Waals surface area (Å²) < 4.78 is 5.23. The fraction of sp³-hybridized carbons (Fsp3) is 0.882. The van der Waals surface area contributed by atoms with Crippen LogP contribution >= 0.6 is 0 Å². The molecule has 3 saturated heterocycles. The maximum absolute atomic E-state index is 12.7. The zero-order chi connectivity index (χ0) is 16.4. The normalized spacial score (nSPS) is 34.3. The number of ether oxygens (including phenoxy) is 1. The van der Waals surface area contributed by atoms with E-state index < -0.39 is 0 Å². The first-order valence-electron chi connectivity index (χ1n) is 8.88. The molecule has 0 aromatic rings. The minimum Gasteiger partial charge on any atom is -0.383 e. The number of fused-ring (bicyclic) bond motifs is 2. The van der Waals surface area contributed by atoms with E-state index in [1.54, 1.807) is 7.11 Å². The Morgan fingerprint density at radius 1 is 1.30 bits per heavy atom. The number of carbonyl (C=O) groups is 2. The number of carbonyl (C=O) groups excluding carboxylic acids is 2. The fourth-order valence-corrected chi connectivity index (χ4v) is 4.53. The van der Waals surface area contributed by atoms with Crippen molar-refractivity contribution in [2.24, 2.45) is 5.92 Å². The van der Waals surface area contributed by atoms with Crippen LogP contribution in [-0.2, 0) is 14.3 Å². The van der Waals surface area contributed by atoms with E-state index in [-0.39, 0.29) is 17.7 Å². The average molecular weight is 323 g/mol. The number of rotatable bonds is 5. The van der Waals surface area contributed by atoms with Gasteiger partial charge in [0.2, 0.25) is 11.8 Å². The molecule has 0 saturated carbocycles. The summed E-state index contributed by atoms with van der Waals surface area (Å²) in [5.41, 5.74) is 0. The van der Waals surface area contributed by atoms with Gasteiger partial charge in [0.25, 0.3) is 0 Å². The molecule has 2 bridgehead atoms. The number of hydrogen-bond donors (Lipinski definition) is 1. The number of hydrogen-bond acceptors (Lipinski definition) is 4. The highest BCUT2D eigenvalue weighted by atomic mass is 16.5. The molecule has 130 valence electrons. The van der Waals surface area contributed by atoms with Gasteiger partial charge >= 0.3 is 0 Å². The Hall–Kier alpha value is -1.14. The van der Waals surface area contributed by atoms with Crippen molar-refractivity contribution in [3.05, 3.63) is 0 Å². The van der Waals surface area contributed by atoms with Crippen molar-refractivity contribution >= 4 is 11.8 Å². The molecular formula is C17H29N3O3. The van der Waals surface area contributed by atoms with Crippen LogP contribution in [0.5, 0.6) is 0 Å². The third kappa shape index (κ3) is 3.53. The molecule has 0 spiro atoms. The maximum atomic E-state index is 12.7. The summed E-state index contributed by atoms with van der Waals surface area (Å²) in [6.45, 7) is 2.29. The highest BCUT2D eigenvalue weighted by molar-refractivity contribution is 5.83. The van der Waals surface area contributed by atoms with E-state index in [1.807, 2.05) is 11.9 Å². The Labute approximate surface area is 138 Å². The van der Waals surface area contributed by atoms with E-state index in [0.717, 1.165) is 26.0 Å². The van der Waals surface area contributed by atoms with Gasteiger partial charge in [0.05, 0.1) is 12.5 Å². The van der Waals surface area contributed by atoms with Gasteiger partial charge in [-0.2, -0.15) is 0 Å². The number of nitrogens with one attached hydrogen (secondary N) is 1. The van der Waals surface area contributed by atoms with Gasteiger partial charge in [-0.25, -0.2) is 0 Å². The second kappa shape index (κ2) is 7.18. The average Bonchev–Trinajstić information content (AvgIpc) is 2.79. The van der Waals surface area contributed by atoms with Gasteiger partial charge in [0.15, 0.2) is 0 Å². The highest BCUT2D eigenvalue weighted by Gasteiger charge is 2.43. The highest BCUT2D eigenvalue weighted by Crippen LogP contribution is 2.37. The molecule has 3 unspecified atom stereocenters. The summed E-state index contributed by atoms with van der Waals surface area (Å²) in [4.78, 5) is 28.6. The first-order chi connectivity index (χ1) is 11.1. The predicted octanol–water partition coefficient (Wildman–Crippen LogP) is 0.613. The zero-order valence-corrected chi connectivity index (χ0v) is 14.3. The van der Waals surface area contributed by atoms with Gasteiger partial charge in [-0.05, 0) is 32.1 Å². The molecular weight excluding hydrogens is 294 g/mol. The third-order valence-corrected chi connectivity index (χ3v) is 5.92. The van der Waals surface area contributed by atoms with Gasteiger partial charge < -0.3 is 15.0 Å². The molecule has 0 radical (unpaired) electrons. The minimum absolute atomic E-state index is 0.0399. The van der Waals surface area contributed by atoms with E-state index in [2.05, 4.69) is 10.2 Å². The van der Waals surface area contributed by atoms with E-state index in [0.29, 0.717) is 37.5 Å². The first-order valence-corrected chi connectivity index (χ1v) is 8.88. The van der Waals surface area contributed by atoms with Crippen LogP contribution in [-0.4, -0.2) is 73.6 Å². The van der Waals surface area contributed by atoms with Crippen molar-refractivity contribution in [1.82, 2.24) is 15.1 Å². The molecule has 6 nitrogen and oxygen atoms in total. The molecule has 3 atom stereocenters. The van der Waals surface area contributed by atoms with Crippen LogP contribution in [0.3, 0.4) is 0 Å². The van der Waals surface area contributed by atoms with Gasteiger partial charge in [-0.3, -0.25) is 14.5 Å². The van der Waals surface area contributed by atoms with Crippen molar-refractivity contribution in [2.45, 2.75) is 56.7 Å². The Kier molecular flexibility index (Phi) is 5.21. The van der Waals surface area contributed by atoms with Crippen LogP contribution in [0.4, 0.5) is 0 Å². The van der Waals surface area contributed by atoms with E-state index >= 15 is 0 Å². The van der Waals surface area contributed by atoms with Crippen molar-refractivity contribution in [3.8, 4) is 0 Å². The quantitative estimate of drug-likeness (QED) is 0.805. The fourth-order valence-electron chi connectivity index (χ4n) is 4.53. The van der Waals surface area contributed by atoms with Gasteiger partial charge in [0, 0.05) is 51.8 Å². The Morgan fingerprint density at radius 3 is 2.57 bits per heavy atom. The standard InChI is InChI=1S/C17H29N3O3/c1-19(17(22)12-3-6-16(21)18-11-12)15-9-13-4-5-14(10-15)20(13)7-8-23-2/h12-15H,3-11H2,1-2H3,(H,18,21). The summed E-state index contributed by atoms with van der Waals surface area (Å²) in [5.74, 6) is 0.239. The minimum atomic E-state index is -0.0399. The Balaban J connectivity index is 1.56. The van der Waals surface area contributed by atoms with Crippen LogP contribution in [0.2, 0.25) is 0 Å². The summed E-state index contributed by atoms with van der Waals surface area (Å²) in [7, 11) is 3.71.